The fraction of sp³-hybridized carbons (Fsp3) is 0.444. The molecule has 0 radical (unpaired) electrons. The summed E-state index contributed by atoms with van der Waals surface area (Å²) < 4.78 is 17.5. The molecule has 0 saturated carbocycles. The number of hydrogen-bond acceptors (Lipinski definition) is 6. The smallest absolute Gasteiger partial charge is 0.243 e. The van der Waals surface area contributed by atoms with Gasteiger partial charge in [-0.05, 0) is 18.2 Å². The first-order valence-corrected chi connectivity index (χ1v) is 9.95. The van der Waals surface area contributed by atoms with Crippen molar-refractivity contribution in [1.82, 2.24) is 19.6 Å². The van der Waals surface area contributed by atoms with Gasteiger partial charge in [-0.3, -0.25) is 9.79 Å². The van der Waals surface area contributed by atoms with Crippen LogP contribution < -0.4 is 15.5 Å². The fourth-order valence-corrected chi connectivity index (χ4v) is 3.69. The van der Waals surface area contributed by atoms with Gasteiger partial charge in [0.1, 0.15) is 11.6 Å². The summed E-state index contributed by atoms with van der Waals surface area (Å²) in [5.74, 6) is 0.900. The molecule has 1 amide bonds. The second-order valence-electron chi connectivity index (χ2n) is 6.28. The molecule has 1 fully saturated rings. The van der Waals surface area contributed by atoms with Crippen LogP contribution in [0.15, 0.2) is 29.3 Å². The first-order valence-electron chi connectivity index (χ1n) is 9.17. The van der Waals surface area contributed by atoms with Gasteiger partial charge in [0.15, 0.2) is 5.96 Å². The minimum atomic E-state index is -0.388. The summed E-state index contributed by atoms with van der Waals surface area (Å²) in [6.45, 7) is 5.27. The number of piperazine rings is 1. The molecule has 2 aromatic rings. The summed E-state index contributed by atoms with van der Waals surface area (Å²) in [5.41, 5.74) is 0.430. The van der Waals surface area contributed by atoms with E-state index >= 15 is 0 Å². The highest BCUT2D eigenvalue weighted by Gasteiger charge is 2.22. The number of carbonyl (C=O) groups excluding carboxylic acids is 1. The lowest BCUT2D eigenvalue weighted by atomic mass is 10.3. The molecule has 10 heteroatoms. The predicted molar refractivity (Wildman–Crippen MR) is 109 cm³/mol. The summed E-state index contributed by atoms with van der Waals surface area (Å²) in [6.07, 6.45) is 0.838. The van der Waals surface area contributed by atoms with Gasteiger partial charge in [0.25, 0.3) is 0 Å². The molecule has 2 N–H and O–H groups in total. The number of nitrogens with zero attached hydrogens (tertiary/aromatic N) is 5. The number of aromatic nitrogens is 2. The van der Waals surface area contributed by atoms with Crippen LogP contribution in [0.5, 0.6) is 0 Å². The lowest BCUT2D eigenvalue weighted by molar-refractivity contribution is -0.115. The second-order valence-corrected chi connectivity index (χ2v) is 7.01. The van der Waals surface area contributed by atoms with Crippen LogP contribution in [0.2, 0.25) is 0 Å². The number of guanidine groups is 1. The van der Waals surface area contributed by atoms with Crippen LogP contribution in [0.4, 0.5) is 15.2 Å². The Balaban J connectivity index is 1.47. The summed E-state index contributed by atoms with van der Waals surface area (Å²) in [5, 5.41) is 6.69. The van der Waals surface area contributed by atoms with Crippen LogP contribution in [0.3, 0.4) is 0 Å². The standard InChI is InChI=1S/C18H24FN7OS/c1-3-15-23-18(28-24-15)26-9-7-25(8-10-26)17(20-2)21-12-16(27)22-14-6-4-5-13(19)11-14/h4-6,11H,3,7-10,12H2,1-2H3,(H,20,21)(H,22,27). The van der Waals surface area contributed by atoms with E-state index < -0.39 is 0 Å². The van der Waals surface area contributed by atoms with Crippen LogP contribution in [0.25, 0.3) is 0 Å². The topological polar surface area (TPSA) is 85.8 Å². The number of halogens is 1. The van der Waals surface area contributed by atoms with Crippen molar-refractivity contribution < 1.29 is 9.18 Å². The molecule has 1 aliphatic rings. The van der Waals surface area contributed by atoms with E-state index in [4.69, 9.17) is 0 Å². The van der Waals surface area contributed by atoms with Crippen molar-refractivity contribution in [2.45, 2.75) is 13.3 Å². The zero-order valence-corrected chi connectivity index (χ0v) is 16.8. The molecule has 0 spiro atoms. The summed E-state index contributed by atoms with van der Waals surface area (Å²) in [7, 11) is 1.69. The molecule has 8 nitrogen and oxygen atoms in total. The van der Waals surface area contributed by atoms with Crippen molar-refractivity contribution in [1.29, 1.82) is 0 Å². The Hall–Kier alpha value is -2.75. The Morgan fingerprint density at radius 1 is 1.32 bits per heavy atom. The molecule has 1 saturated heterocycles. The van der Waals surface area contributed by atoms with Crippen molar-refractivity contribution in [3.8, 4) is 0 Å². The van der Waals surface area contributed by atoms with Crippen LogP contribution in [-0.2, 0) is 11.2 Å². The third kappa shape index (κ3) is 5.16. The van der Waals surface area contributed by atoms with Crippen molar-refractivity contribution in [2.75, 3.05) is 50.0 Å². The van der Waals surface area contributed by atoms with Crippen LogP contribution >= 0.6 is 11.5 Å². The average molecular weight is 406 g/mol. The highest BCUT2D eigenvalue weighted by Crippen LogP contribution is 2.19. The predicted octanol–water partition coefficient (Wildman–Crippen LogP) is 1.58. The number of benzene rings is 1. The zero-order chi connectivity index (χ0) is 19.9. The SMILES string of the molecule is CCc1nsc(N2CCN(C(=NC)NCC(=O)Nc3cccc(F)c3)CC2)n1. The first-order chi connectivity index (χ1) is 13.6. The van der Waals surface area contributed by atoms with Crippen LogP contribution in [0.1, 0.15) is 12.7 Å². The van der Waals surface area contributed by atoms with E-state index in [9.17, 15) is 9.18 Å². The van der Waals surface area contributed by atoms with Gasteiger partial charge in [-0.15, -0.1) is 0 Å². The van der Waals surface area contributed by atoms with Gasteiger partial charge in [-0.2, -0.15) is 4.37 Å². The number of rotatable bonds is 5. The lowest BCUT2D eigenvalue weighted by Gasteiger charge is -2.36. The molecule has 0 bridgehead atoms. The number of nitrogens with one attached hydrogen (secondary N) is 2. The minimum absolute atomic E-state index is 0.0552. The number of amides is 1. The molecule has 3 rings (SSSR count). The van der Waals surface area contributed by atoms with Gasteiger partial charge in [-0.1, -0.05) is 13.0 Å². The van der Waals surface area contributed by atoms with Gasteiger partial charge in [0.05, 0.1) is 6.54 Å². The molecule has 1 aromatic heterocycles. The van der Waals surface area contributed by atoms with E-state index in [0.717, 1.165) is 43.6 Å². The van der Waals surface area contributed by atoms with E-state index in [1.165, 1.54) is 23.7 Å². The maximum Gasteiger partial charge on any atom is 0.243 e. The maximum absolute atomic E-state index is 13.2. The molecular formula is C18H24FN7OS. The Morgan fingerprint density at radius 3 is 2.75 bits per heavy atom. The van der Waals surface area contributed by atoms with E-state index in [2.05, 4.69) is 34.8 Å². The first kappa shape index (κ1) is 20.0. The molecule has 2 heterocycles. The van der Waals surface area contributed by atoms with E-state index in [1.807, 2.05) is 6.92 Å². The number of anilines is 2. The fourth-order valence-electron chi connectivity index (χ4n) is 2.89. The number of aliphatic imine (C=N–C) groups is 1. The Labute approximate surface area is 167 Å². The zero-order valence-electron chi connectivity index (χ0n) is 16.0. The summed E-state index contributed by atoms with van der Waals surface area (Å²) >= 11 is 1.43. The van der Waals surface area contributed by atoms with E-state index in [-0.39, 0.29) is 18.3 Å². The van der Waals surface area contributed by atoms with Crippen molar-refractivity contribution >= 4 is 34.2 Å². The summed E-state index contributed by atoms with van der Waals surface area (Å²) in [4.78, 5) is 25.2. The molecule has 28 heavy (non-hydrogen) atoms. The number of carbonyl (C=O) groups is 1. The normalized spacial score (nSPS) is 14.9. The summed E-state index contributed by atoms with van der Waals surface area (Å²) in [6, 6.07) is 5.81. The molecule has 1 aliphatic heterocycles. The molecule has 150 valence electrons. The molecule has 0 unspecified atom stereocenters. The van der Waals surface area contributed by atoms with Crippen molar-refractivity contribution in [3.63, 3.8) is 0 Å². The largest absolute Gasteiger partial charge is 0.347 e. The third-order valence-corrected chi connectivity index (χ3v) is 5.17. The molecule has 0 aliphatic carbocycles. The maximum atomic E-state index is 13.2. The highest BCUT2D eigenvalue weighted by molar-refractivity contribution is 7.09. The van der Waals surface area contributed by atoms with Gasteiger partial charge in [0.2, 0.25) is 11.0 Å². The van der Waals surface area contributed by atoms with Gasteiger partial charge in [-0.25, -0.2) is 9.37 Å². The number of hydrogen-bond donors (Lipinski definition) is 2. The minimum Gasteiger partial charge on any atom is -0.347 e. The Kier molecular flexibility index (Phi) is 6.75. The monoisotopic (exact) mass is 405 g/mol. The Bertz CT molecular complexity index is 833. The Morgan fingerprint density at radius 2 is 2.11 bits per heavy atom. The van der Waals surface area contributed by atoms with Crippen LogP contribution in [-0.4, -0.2) is 65.9 Å². The van der Waals surface area contributed by atoms with Gasteiger partial charge in [0, 0.05) is 56.9 Å². The second kappa shape index (κ2) is 9.45. The van der Waals surface area contributed by atoms with E-state index in [1.54, 1.807) is 19.2 Å². The van der Waals surface area contributed by atoms with Crippen LogP contribution in [0, 0.1) is 5.82 Å². The molecule has 1 aromatic carbocycles. The van der Waals surface area contributed by atoms with Gasteiger partial charge >= 0.3 is 0 Å². The quantitative estimate of drug-likeness (QED) is 0.580. The van der Waals surface area contributed by atoms with Crippen molar-refractivity contribution in [3.05, 3.63) is 35.9 Å². The lowest BCUT2D eigenvalue weighted by Crippen LogP contribution is -2.53. The third-order valence-electron chi connectivity index (χ3n) is 4.35. The van der Waals surface area contributed by atoms with E-state index in [0.29, 0.717) is 11.6 Å². The van der Waals surface area contributed by atoms with Gasteiger partial charge < -0.3 is 20.4 Å². The molecular weight excluding hydrogens is 381 g/mol. The average Bonchev–Trinajstić information content (AvgIpc) is 3.18. The number of aryl methyl sites for hydroxylation is 1. The molecule has 0 atom stereocenters. The highest BCUT2D eigenvalue weighted by atomic mass is 32.1. The van der Waals surface area contributed by atoms with Crippen molar-refractivity contribution in [2.24, 2.45) is 4.99 Å².